The fraction of sp³-hybridized carbons (Fsp3) is 0.444. The first-order valence-corrected chi connectivity index (χ1v) is 8.12. The average Bonchev–Trinajstić information content (AvgIpc) is 2.54. The number of rotatable bonds is 2. The highest BCUT2D eigenvalue weighted by molar-refractivity contribution is 6.02. The Morgan fingerprint density at radius 2 is 1.91 bits per heavy atom. The molecule has 0 spiro atoms. The largest absolute Gasteiger partial charge is 0.370 e. The zero-order chi connectivity index (χ0) is 15.5. The molecule has 3 rings (SSSR count). The van der Waals surface area contributed by atoms with Crippen LogP contribution < -0.4 is 11.5 Å². The molecule has 0 bridgehead atoms. The molecule has 2 aliphatic carbocycles. The van der Waals surface area contributed by atoms with E-state index in [1.165, 1.54) is 48.8 Å². The number of guanidine groups is 1. The second kappa shape index (κ2) is 6.34. The van der Waals surface area contributed by atoms with Crippen molar-refractivity contribution in [1.82, 2.24) is 0 Å². The van der Waals surface area contributed by atoms with Gasteiger partial charge in [-0.3, -0.25) is 4.79 Å². The molecule has 0 aromatic heterocycles. The highest BCUT2D eigenvalue weighted by Crippen LogP contribution is 2.39. The smallest absolute Gasteiger partial charge is 0.280 e. The maximum Gasteiger partial charge on any atom is 0.280 e. The van der Waals surface area contributed by atoms with Crippen LogP contribution in [0.4, 0.5) is 0 Å². The Hall–Kier alpha value is -2.10. The number of aryl methyl sites for hydroxylation is 1. The molecule has 0 atom stereocenters. The summed E-state index contributed by atoms with van der Waals surface area (Å²) in [6, 6.07) is 5.86. The van der Waals surface area contributed by atoms with E-state index in [0.29, 0.717) is 11.5 Å². The van der Waals surface area contributed by atoms with Gasteiger partial charge in [0, 0.05) is 5.56 Å². The first-order valence-electron chi connectivity index (χ1n) is 8.12. The molecule has 0 unspecified atom stereocenters. The molecular weight excluding hydrogens is 274 g/mol. The topological polar surface area (TPSA) is 81.5 Å². The lowest BCUT2D eigenvalue weighted by Gasteiger charge is -2.28. The van der Waals surface area contributed by atoms with Gasteiger partial charge in [0.2, 0.25) is 0 Å². The van der Waals surface area contributed by atoms with Crippen molar-refractivity contribution in [3.8, 4) is 0 Å². The Kier molecular flexibility index (Phi) is 4.27. The van der Waals surface area contributed by atoms with Gasteiger partial charge in [0.1, 0.15) is 0 Å². The van der Waals surface area contributed by atoms with E-state index < -0.39 is 0 Å². The van der Waals surface area contributed by atoms with E-state index in [1.54, 1.807) is 0 Å². The number of benzene rings is 1. The van der Waals surface area contributed by atoms with Crippen LogP contribution in [-0.2, 0) is 6.42 Å². The van der Waals surface area contributed by atoms with E-state index in [0.717, 1.165) is 12.8 Å². The van der Waals surface area contributed by atoms with Gasteiger partial charge >= 0.3 is 0 Å². The minimum Gasteiger partial charge on any atom is -0.370 e. The van der Waals surface area contributed by atoms with Crippen LogP contribution in [0.15, 0.2) is 29.3 Å². The summed E-state index contributed by atoms with van der Waals surface area (Å²) in [6.45, 7) is 0. The van der Waals surface area contributed by atoms with E-state index in [-0.39, 0.29) is 11.9 Å². The number of nitrogens with two attached hydrogens (primary N) is 2. The van der Waals surface area contributed by atoms with Crippen LogP contribution in [0, 0.1) is 5.92 Å². The number of aliphatic imine (C=N–C) groups is 1. The Balaban J connectivity index is 1.94. The van der Waals surface area contributed by atoms with Crippen LogP contribution in [0.3, 0.4) is 0 Å². The van der Waals surface area contributed by atoms with Crippen molar-refractivity contribution >= 4 is 17.4 Å². The van der Waals surface area contributed by atoms with Crippen LogP contribution in [0.25, 0.3) is 5.57 Å². The maximum absolute atomic E-state index is 12.1. The molecule has 4 heteroatoms. The third-order valence-electron chi connectivity index (χ3n) is 4.72. The SMILES string of the molecule is NC(N)=NC(=O)c1ccc2c(c1)C(C1CCCCC1)=CCC2. The molecule has 0 aliphatic heterocycles. The first-order chi connectivity index (χ1) is 10.6. The highest BCUT2D eigenvalue weighted by atomic mass is 16.1. The van der Waals surface area contributed by atoms with Crippen molar-refractivity contribution in [1.29, 1.82) is 0 Å². The number of carbonyl (C=O) groups is 1. The number of carbonyl (C=O) groups excluding carboxylic acids is 1. The van der Waals surface area contributed by atoms with Gasteiger partial charge in [0.25, 0.3) is 5.91 Å². The van der Waals surface area contributed by atoms with Gasteiger partial charge in [-0.2, -0.15) is 4.99 Å². The third-order valence-corrected chi connectivity index (χ3v) is 4.72. The molecule has 22 heavy (non-hydrogen) atoms. The molecule has 2 aliphatic rings. The summed E-state index contributed by atoms with van der Waals surface area (Å²) in [5.41, 5.74) is 15.2. The second-order valence-corrected chi connectivity index (χ2v) is 6.25. The van der Waals surface area contributed by atoms with Crippen LogP contribution in [0.5, 0.6) is 0 Å². The Labute approximate surface area is 131 Å². The number of hydrogen-bond acceptors (Lipinski definition) is 1. The maximum atomic E-state index is 12.1. The summed E-state index contributed by atoms with van der Waals surface area (Å²) < 4.78 is 0. The fourth-order valence-corrected chi connectivity index (χ4v) is 3.67. The second-order valence-electron chi connectivity index (χ2n) is 6.25. The van der Waals surface area contributed by atoms with Gasteiger partial charge < -0.3 is 11.5 Å². The number of hydrogen-bond donors (Lipinski definition) is 2. The van der Waals surface area contributed by atoms with E-state index in [4.69, 9.17) is 11.5 Å². The van der Waals surface area contributed by atoms with Crippen LogP contribution in [-0.4, -0.2) is 11.9 Å². The van der Waals surface area contributed by atoms with Crippen molar-refractivity contribution in [2.75, 3.05) is 0 Å². The summed E-state index contributed by atoms with van der Waals surface area (Å²) in [5.74, 6) is 0.0864. The molecule has 4 N–H and O–H groups in total. The molecule has 0 radical (unpaired) electrons. The summed E-state index contributed by atoms with van der Waals surface area (Å²) >= 11 is 0. The lowest BCUT2D eigenvalue weighted by molar-refractivity contribution is 0.100. The van der Waals surface area contributed by atoms with Crippen molar-refractivity contribution in [3.63, 3.8) is 0 Å². The number of amides is 1. The Morgan fingerprint density at radius 3 is 2.64 bits per heavy atom. The van der Waals surface area contributed by atoms with Gasteiger partial charge in [0.05, 0.1) is 0 Å². The van der Waals surface area contributed by atoms with E-state index in [2.05, 4.69) is 17.1 Å². The standard InChI is InChI=1S/C18H23N3O/c19-18(20)21-17(22)14-10-9-13-7-4-8-15(16(13)11-14)12-5-2-1-3-6-12/h8-12H,1-7H2,(H4,19,20,21,22). The van der Waals surface area contributed by atoms with Gasteiger partial charge in [-0.25, -0.2) is 0 Å². The van der Waals surface area contributed by atoms with Crippen molar-refractivity contribution in [2.24, 2.45) is 22.4 Å². The van der Waals surface area contributed by atoms with Crippen molar-refractivity contribution in [2.45, 2.75) is 44.9 Å². The number of fused-ring (bicyclic) bond motifs is 1. The average molecular weight is 297 g/mol. The van der Waals surface area contributed by atoms with E-state index >= 15 is 0 Å². The zero-order valence-electron chi connectivity index (χ0n) is 12.8. The lowest BCUT2D eigenvalue weighted by Crippen LogP contribution is -2.24. The molecule has 4 nitrogen and oxygen atoms in total. The molecule has 0 saturated heterocycles. The molecule has 116 valence electrons. The van der Waals surface area contributed by atoms with Gasteiger partial charge in [-0.15, -0.1) is 0 Å². The molecule has 1 aromatic carbocycles. The van der Waals surface area contributed by atoms with Crippen molar-refractivity contribution in [3.05, 3.63) is 41.0 Å². The molecule has 1 amide bonds. The quantitative estimate of drug-likeness (QED) is 0.650. The lowest BCUT2D eigenvalue weighted by atomic mass is 9.76. The fourth-order valence-electron chi connectivity index (χ4n) is 3.67. The molecule has 0 heterocycles. The van der Waals surface area contributed by atoms with Crippen LogP contribution in [0.2, 0.25) is 0 Å². The third kappa shape index (κ3) is 3.06. The highest BCUT2D eigenvalue weighted by Gasteiger charge is 2.23. The molecule has 1 fully saturated rings. The predicted octanol–water partition coefficient (Wildman–Crippen LogP) is 3.01. The van der Waals surface area contributed by atoms with Crippen LogP contribution >= 0.6 is 0 Å². The molecule has 1 aromatic rings. The zero-order valence-corrected chi connectivity index (χ0v) is 12.8. The Morgan fingerprint density at radius 1 is 1.14 bits per heavy atom. The summed E-state index contributed by atoms with van der Waals surface area (Å²) in [4.78, 5) is 15.7. The van der Waals surface area contributed by atoms with Gasteiger partial charge in [-0.05, 0) is 60.4 Å². The minimum absolute atomic E-state index is 0.189. The number of nitrogens with zero attached hydrogens (tertiary/aromatic N) is 1. The molecule has 1 saturated carbocycles. The van der Waals surface area contributed by atoms with Gasteiger partial charge in [-0.1, -0.05) is 31.4 Å². The van der Waals surface area contributed by atoms with Crippen LogP contribution in [0.1, 0.15) is 60.0 Å². The van der Waals surface area contributed by atoms with Gasteiger partial charge in [0.15, 0.2) is 5.96 Å². The van der Waals surface area contributed by atoms with E-state index in [1.807, 2.05) is 12.1 Å². The normalized spacial score (nSPS) is 18.3. The number of allylic oxidation sites excluding steroid dienone is 2. The summed E-state index contributed by atoms with van der Waals surface area (Å²) in [6.07, 6.45) is 11.0. The van der Waals surface area contributed by atoms with E-state index in [9.17, 15) is 4.79 Å². The van der Waals surface area contributed by atoms with Crippen molar-refractivity contribution < 1.29 is 4.79 Å². The first kappa shape index (κ1) is 14.8. The molecular formula is C18H23N3O. The predicted molar refractivity (Wildman–Crippen MR) is 89.5 cm³/mol. The summed E-state index contributed by atoms with van der Waals surface area (Å²) in [7, 11) is 0. The summed E-state index contributed by atoms with van der Waals surface area (Å²) in [5, 5.41) is 0. The Bertz CT molecular complexity index is 636. The monoisotopic (exact) mass is 297 g/mol. The minimum atomic E-state index is -0.364.